The zero-order valence-corrected chi connectivity index (χ0v) is 15.8. The molecule has 2 aliphatic heterocycles. The number of amides is 3. The first-order valence-corrected chi connectivity index (χ1v) is 10.0. The van der Waals surface area contributed by atoms with Crippen LogP contribution in [0.4, 0.5) is 11.4 Å². The van der Waals surface area contributed by atoms with E-state index in [1.807, 2.05) is 0 Å². The lowest BCUT2D eigenvalue weighted by Crippen LogP contribution is -2.54. The molecule has 1 aromatic carbocycles. The summed E-state index contributed by atoms with van der Waals surface area (Å²) in [7, 11) is 0. The number of rotatable bonds is 3. The molecule has 6 heteroatoms. The van der Waals surface area contributed by atoms with Crippen molar-refractivity contribution in [1.82, 2.24) is 4.90 Å². The average molecular weight is 369 g/mol. The van der Waals surface area contributed by atoms with Crippen LogP contribution < -0.4 is 10.2 Å². The van der Waals surface area contributed by atoms with E-state index in [4.69, 9.17) is 0 Å². The number of likely N-dealkylation sites (tertiary alicyclic amines) is 1. The van der Waals surface area contributed by atoms with Gasteiger partial charge in [-0.05, 0) is 62.4 Å². The van der Waals surface area contributed by atoms with E-state index >= 15 is 0 Å². The van der Waals surface area contributed by atoms with Gasteiger partial charge in [-0.15, -0.1) is 0 Å². The summed E-state index contributed by atoms with van der Waals surface area (Å²) in [6.07, 6.45) is 7.56. The van der Waals surface area contributed by atoms with Crippen LogP contribution in [0.1, 0.15) is 51.9 Å². The molecular formula is C21H27N3O3. The highest BCUT2D eigenvalue weighted by Crippen LogP contribution is 2.38. The highest BCUT2D eigenvalue weighted by Gasteiger charge is 2.47. The Morgan fingerprint density at radius 1 is 1.04 bits per heavy atom. The Kier molecular flexibility index (Phi) is 5.00. The number of fused-ring (bicyclic) bond motifs is 1. The molecule has 1 aromatic rings. The molecule has 0 aromatic heterocycles. The van der Waals surface area contributed by atoms with Crippen molar-refractivity contribution in [1.29, 1.82) is 0 Å². The molecule has 4 rings (SSSR count). The molecule has 2 saturated heterocycles. The summed E-state index contributed by atoms with van der Waals surface area (Å²) in [6.45, 7) is 2.36. The Balaban J connectivity index is 1.52. The molecule has 0 radical (unpaired) electrons. The molecule has 1 saturated carbocycles. The maximum absolute atomic E-state index is 13.1. The number of nitrogens with zero attached hydrogens (tertiary/aromatic N) is 2. The van der Waals surface area contributed by atoms with Gasteiger partial charge in [0.15, 0.2) is 0 Å². The number of nitrogens with one attached hydrogen (secondary N) is 1. The smallest absolute Gasteiger partial charge is 0.251 e. The van der Waals surface area contributed by atoms with Crippen LogP contribution in [0.3, 0.4) is 0 Å². The standard InChI is InChI=1S/C21H27N3O3/c1-14(25)22-16-8-10-17(11-9-16)24-20(26)13-19(21(24)27)23-12-4-6-15-5-2-3-7-18(15)23/h8-11,15,18-19H,2-7,12-13H2,1H3,(H,22,25)/t15-,18+,19-/m1/s1. The number of anilines is 2. The Hall–Kier alpha value is -2.21. The predicted molar refractivity (Wildman–Crippen MR) is 103 cm³/mol. The molecule has 1 N–H and O–H groups in total. The van der Waals surface area contributed by atoms with Gasteiger partial charge in [-0.3, -0.25) is 19.3 Å². The quantitative estimate of drug-likeness (QED) is 0.832. The van der Waals surface area contributed by atoms with Gasteiger partial charge in [0.25, 0.3) is 5.91 Å². The predicted octanol–water partition coefficient (Wildman–Crippen LogP) is 2.93. The van der Waals surface area contributed by atoms with Crippen LogP contribution >= 0.6 is 0 Å². The molecule has 144 valence electrons. The summed E-state index contributed by atoms with van der Waals surface area (Å²) in [5, 5.41) is 2.70. The maximum Gasteiger partial charge on any atom is 0.251 e. The van der Waals surface area contributed by atoms with Crippen molar-refractivity contribution >= 4 is 29.1 Å². The largest absolute Gasteiger partial charge is 0.326 e. The van der Waals surface area contributed by atoms with Crippen LogP contribution in [0.5, 0.6) is 0 Å². The lowest BCUT2D eigenvalue weighted by atomic mass is 9.77. The number of benzene rings is 1. The summed E-state index contributed by atoms with van der Waals surface area (Å²) in [5.41, 5.74) is 1.24. The van der Waals surface area contributed by atoms with Gasteiger partial charge in [0.1, 0.15) is 0 Å². The zero-order chi connectivity index (χ0) is 19.0. The molecule has 27 heavy (non-hydrogen) atoms. The first-order chi connectivity index (χ1) is 13.0. The van der Waals surface area contributed by atoms with Crippen LogP contribution in [0.15, 0.2) is 24.3 Å². The Morgan fingerprint density at radius 2 is 1.74 bits per heavy atom. The lowest BCUT2D eigenvalue weighted by Gasteiger charge is -2.46. The molecule has 2 heterocycles. The van der Waals surface area contributed by atoms with Crippen molar-refractivity contribution in [2.45, 2.75) is 64.0 Å². The second-order valence-corrected chi connectivity index (χ2v) is 8.01. The van der Waals surface area contributed by atoms with Crippen LogP contribution in [0.2, 0.25) is 0 Å². The van der Waals surface area contributed by atoms with E-state index in [9.17, 15) is 14.4 Å². The van der Waals surface area contributed by atoms with E-state index in [1.54, 1.807) is 24.3 Å². The van der Waals surface area contributed by atoms with E-state index in [0.29, 0.717) is 23.3 Å². The summed E-state index contributed by atoms with van der Waals surface area (Å²) >= 11 is 0. The Morgan fingerprint density at radius 3 is 2.48 bits per heavy atom. The van der Waals surface area contributed by atoms with Gasteiger partial charge >= 0.3 is 0 Å². The summed E-state index contributed by atoms with van der Waals surface area (Å²) in [4.78, 5) is 40.6. The van der Waals surface area contributed by atoms with E-state index < -0.39 is 0 Å². The molecule has 3 atom stereocenters. The van der Waals surface area contributed by atoms with Crippen molar-refractivity contribution < 1.29 is 14.4 Å². The van der Waals surface area contributed by atoms with E-state index in [0.717, 1.165) is 19.4 Å². The number of piperidine rings is 1. The molecule has 3 fully saturated rings. The molecule has 3 aliphatic rings. The number of hydrogen-bond donors (Lipinski definition) is 1. The van der Waals surface area contributed by atoms with Crippen molar-refractivity contribution in [3.8, 4) is 0 Å². The topological polar surface area (TPSA) is 69.7 Å². The first-order valence-electron chi connectivity index (χ1n) is 10.0. The van der Waals surface area contributed by atoms with Gasteiger partial charge in [-0.1, -0.05) is 12.8 Å². The summed E-state index contributed by atoms with van der Waals surface area (Å²) in [5.74, 6) is 0.304. The fourth-order valence-electron chi connectivity index (χ4n) is 5.09. The molecule has 6 nitrogen and oxygen atoms in total. The number of imide groups is 1. The Bertz CT molecular complexity index is 744. The third kappa shape index (κ3) is 3.50. The maximum atomic E-state index is 13.1. The number of carbonyl (C=O) groups is 3. The minimum atomic E-state index is -0.321. The van der Waals surface area contributed by atoms with E-state index in [2.05, 4.69) is 10.2 Å². The monoisotopic (exact) mass is 369 g/mol. The molecule has 0 unspecified atom stereocenters. The molecule has 1 aliphatic carbocycles. The lowest BCUT2D eigenvalue weighted by molar-refractivity contribution is -0.124. The molecular weight excluding hydrogens is 342 g/mol. The van der Waals surface area contributed by atoms with E-state index in [1.165, 1.54) is 37.5 Å². The minimum Gasteiger partial charge on any atom is -0.326 e. The van der Waals surface area contributed by atoms with Gasteiger partial charge in [0.05, 0.1) is 18.2 Å². The second kappa shape index (κ2) is 7.43. The fraction of sp³-hybridized carbons (Fsp3) is 0.571. The highest BCUT2D eigenvalue weighted by atomic mass is 16.2. The van der Waals surface area contributed by atoms with Crippen molar-refractivity contribution in [3.63, 3.8) is 0 Å². The highest BCUT2D eigenvalue weighted by molar-refractivity contribution is 6.22. The summed E-state index contributed by atoms with van der Waals surface area (Å²) < 4.78 is 0. The number of hydrogen-bond acceptors (Lipinski definition) is 4. The second-order valence-electron chi connectivity index (χ2n) is 8.01. The van der Waals surface area contributed by atoms with Crippen LogP contribution in [-0.4, -0.2) is 41.2 Å². The number of carbonyl (C=O) groups excluding carboxylic acids is 3. The van der Waals surface area contributed by atoms with Gasteiger partial charge in [0.2, 0.25) is 11.8 Å². The normalized spacial score (nSPS) is 28.9. The summed E-state index contributed by atoms with van der Waals surface area (Å²) in [6, 6.07) is 7.03. The third-order valence-corrected chi connectivity index (χ3v) is 6.26. The van der Waals surface area contributed by atoms with Crippen LogP contribution in [0.25, 0.3) is 0 Å². The van der Waals surface area contributed by atoms with Gasteiger partial charge < -0.3 is 5.32 Å². The van der Waals surface area contributed by atoms with Crippen LogP contribution in [0, 0.1) is 5.92 Å². The fourth-order valence-corrected chi connectivity index (χ4v) is 5.09. The molecule has 0 bridgehead atoms. The minimum absolute atomic E-state index is 0.0986. The third-order valence-electron chi connectivity index (χ3n) is 6.26. The van der Waals surface area contributed by atoms with Gasteiger partial charge in [0, 0.05) is 18.7 Å². The van der Waals surface area contributed by atoms with Crippen molar-refractivity contribution in [2.75, 3.05) is 16.8 Å². The Labute approximate surface area is 159 Å². The van der Waals surface area contributed by atoms with Gasteiger partial charge in [-0.2, -0.15) is 0 Å². The van der Waals surface area contributed by atoms with Gasteiger partial charge in [-0.25, -0.2) is 4.90 Å². The first kappa shape index (κ1) is 18.2. The average Bonchev–Trinajstić information content (AvgIpc) is 2.96. The van der Waals surface area contributed by atoms with Crippen molar-refractivity contribution in [3.05, 3.63) is 24.3 Å². The van der Waals surface area contributed by atoms with Crippen LogP contribution in [-0.2, 0) is 14.4 Å². The van der Waals surface area contributed by atoms with Crippen molar-refractivity contribution in [2.24, 2.45) is 5.92 Å². The SMILES string of the molecule is CC(=O)Nc1ccc(N2C(=O)C[C@@H](N3CCC[C@H]4CCCC[C@@H]43)C2=O)cc1. The zero-order valence-electron chi connectivity index (χ0n) is 15.8. The molecule has 0 spiro atoms. The van der Waals surface area contributed by atoms with E-state index in [-0.39, 0.29) is 30.2 Å². The molecule has 3 amide bonds.